The molecule has 0 spiro atoms. The Morgan fingerprint density at radius 3 is 2.84 bits per heavy atom. The predicted molar refractivity (Wildman–Crippen MR) is 71.5 cm³/mol. The Bertz CT molecular complexity index is 600. The molecule has 3 aliphatic heterocycles. The highest BCUT2D eigenvalue weighted by Gasteiger charge is 2.32. The second-order valence-electron chi connectivity index (χ2n) is 5.03. The molecule has 100 valence electrons. The van der Waals surface area contributed by atoms with E-state index in [1.807, 2.05) is 0 Å². The molecule has 3 fully saturated rings. The van der Waals surface area contributed by atoms with Crippen LogP contribution in [0.4, 0.5) is 11.8 Å². The molecule has 0 amide bonds. The van der Waals surface area contributed by atoms with Crippen molar-refractivity contribution < 1.29 is 0 Å². The number of hydrogen-bond donors (Lipinski definition) is 3. The lowest BCUT2D eigenvalue weighted by atomic mass is 10.2. The van der Waals surface area contributed by atoms with Gasteiger partial charge in [-0.15, -0.1) is 0 Å². The SMILES string of the molecule is Nc1nc(NC2CN3CCN2CC3)c2[nH]cnc2n1. The summed E-state index contributed by atoms with van der Waals surface area (Å²) in [6, 6.07) is 0. The van der Waals surface area contributed by atoms with Gasteiger partial charge in [0.15, 0.2) is 11.5 Å². The molecule has 0 saturated carbocycles. The minimum absolute atomic E-state index is 0.248. The quantitative estimate of drug-likeness (QED) is 0.657. The Balaban J connectivity index is 1.66. The third kappa shape index (κ3) is 1.80. The van der Waals surface area contributed by atoms with Crippen molar-refractivity contribution in [2.24, 2.45) is 0 Å². The Hall–Kier alpha value is -1.93. The van der Waals surface area contributed by atoms with Crippen molar-refractivity contribution >= 4 is 22.9 Å². The number of aromatic amines is 1. The van der Waals surface area contributed by atoms with Crippen molar-refractivity contribution in [3.05, 3.63) is 6.33 Å². The highest BCUT2D eigenvalue weighted by Crippen LogP contribution is 2.22. The minimum atomic E-state index is 0.248. The van der Waals surface area contributed by atoms with Gasteiger partial charge in [-0.1, -0.05) is 0 Å². The van der Waals surface area contributed by atoms with Gasteiger partial charge in [0.05, 0.1) is 12.5 Å². The van der Waals surface area contributed by atoms with Gasteiger partial charge in [0, 0.05) is 32.7 Å². The number of rotatable bonds is 2. The summed E-state index contributed by atoms with van der Waals surface area (Å²) >= 11 is 0. The third-order valence-electron chi connectivity index (χ3n) is 3.89. The molecule has 8 nitrogen and oxygen atoms in total. The molecule has 0 aromatic carbocycles. The summed E-state index contributed by atoms with van der Waals surface area (Å²) in [6.07, 6.45) is 1.89. The standard InChI is InChI=1S/C11H16N8/c12-11-16-9-8(13-6-14-9)10(17-11)15-7-5-18-1-3-19(7)4-2-18/h6-7H,1-5H2,(H4,12,13,14,15,16,17). The van der Waals surface area contributed by atoms with E-state index in [0.717, 1.165) is 44.1 Å². The van der Waals surface area contributed by atoms with Crippen LogP contribution in [0.15, 0.2) is 6.33 Å². The van der Waals surface area contributed by atoms with E-state index in [9.17, 15) is 0 Å². The van der Waals surface area contributed by atoms with Crippen molar-refractivity contribution in [2.75, 3.05) is 43.8 Å². The fraction of sp³-hybridized carbons (Fsp3) is 0.545. The number of piperazine rings is 3. The fourth-order valence-corrected chi connectivity index (χ4v) is 2.87. The van der Waals surface area contributed by atoms with Gasteiger partial charge >= 0.3 is 0 Å². The monoisotopic (exact) mass is 260 g/mol. The molecule has 1 unspecified atom stereocenters. The van der Waals surface area contributed by atoms with Gasteiger partial charge in [0.1, 0.15) is 5.52 Å². The number of anilines is 2. The molecule has 0 aliphatic carbocycles. The predicted octanol–water partition coefficient (Wildman–Crippen LogP) is -0.696. The van der Waals surface area contributed by atoms with Crippen molar-refractivity contribution in [3.63, 3.8) is 0 Å². The summed E-state index contributed by atoms with van der Waals surface area (Å²) in [5.74, 6) is 0.983. The first-order valence-electron chi connectivity index (χ1n) is 6.49. The van der Waals surface area contributed by atoms with Gasteiger partial charge in [-0.3, -0.25) is 9.80 Å². The number of nitrogens with two attached hydrogens (primary N) is 1. The maximum Gasteiger partial charge on any atom is 0.224 e. The van der Waals surface area contributed by atoms with Crippen LogP contribution in [0.25, 0.3) is 11.2 Å². The van der Waals surface area contributed by atoms with E-state index in [1.54, 1.807) is 6.33 Å². The molecule has 19 heavy (non-hydrogen) atoms. The van der Waals surface area contributed by atoms with E-state index in [2.05, 4.69) is 35.1 Å². The smallest absolute Gasteiger partial charge is 0.224 e. The van der Waals surface area contributed by atoms with Crippen LogP contribution in [0, 0.1) is 0 Å². The fourth-order valence-electron chi connectivity index (χ4n) is 2.87. The second kappa shape index (κ2) is 4.04. The molecule has 2 bridgehead atoms. The Kier molecular flexibility index (Phi) is 2.32. The number of nitrogens with one attached hydrogen (secondary N) is 2. The summed E-state index contributed by atoms with van der Waals surface area (Å²) in [6.45, 7) is 5.53. The molecule has 2 aromatic rings. The summed E-state index contributed by atoms with van der Waals surface area (Å²) in [5, 5.41) is 3.46. The van der Waals surface area contributed by atoms with Gasteiger partial charge in [-0.25, -0.2) is 4.98 Å². The maximum absolute atomic E-state index is 5.72. The third-order valence-corrected chi connectivity index (χ3v) is 3.89. The second-order valence-corrected chi connectivity index (χ2v) is 5.03. The first-order chi connectivity index (χ1) is 9.29. The average molecular weight is 260 g/mol. The van der Waals surface area contributed by atoms with Crippen molar-refractivity contribution in [3.8, 4) is 0 Å². The number of hydrogen-bond acceptors (Lipinski definition) is 7. The van der Waals surface area contributed by atoms with Gasteiger partial charge in [-0.05, 0) is 0 Å². The molecule has 3 saturated heterocycles. The van der Waals surface area contributed by atoms with Gasteiger partial charge < -0.3 is 16.0 Å². The van der Waals surface area contributed by atoms with Crippen LogP contribution in [0.3, 0.4) is 0 Å². The summed E-state index contributed by atoms with van der Waals surface area (Å²) < 4.78 is 0. The maximum atomic E-state index is 5.72. The van der Waals surface area contributed by atoms with Crippen LogP contribution in [0.5, 0.6) is 0 Å². The number of fused-ring (bicyclic) bond motifs is 4. The molecule has 5 rings (SSSR count). The normalized spacial score (nSPS) is 29.8. The van der Waals surface area contributed by atoms with Crippen LogP contribution < -0.4 is 11.1 Å². The molecule has 8 heteroatoms. The van der Waals surface area contributed by atoms with E-state index in [1.165, 1.54) is 0 Å². The van der Waals surface area contributed by atoms with Crippen LogP contribution in [-0.2, 0) is 0 Å². The van der Waals surface area contributed by atoms with Crippen LogP contribution in [0.2, 0.25) is 0 Å². The lowest BCUT2D eigenvalue weighted by Gasteiger charge is -2.47. The van der Waals surface area contributed by atoms with Crippen LogP contribution in [-0.4, -0.2) is 68.6 Å². The molecular weight excluding hydrogens is 244 g/mol. The molecule has 4 N–H and O–H groups in total. The van der Waals surface area contributed by atoms with Crippen molar-refractivity contribution in [2.45, 2.75) is 6.17 Å². The number of imidazole rings is 1. The molecule has 5 heterocycles. The highest BCUT2D eigenvalue weighted by molar-refractivity contribution is 5.83. The van der Waals surface area contributed by atoms with E-state index in [-0.39, 0.29) is 12.1 Å². The zero-order chi connectivity index (χ0) is 12.8. The summed E-state index contributed by atoms with van der Waals surface area (Å²) in [4.78, 5) is 20.5. The van der Waals surface area contributed by atoms with Gasteiger partial charge in [0.25, 0.3) is 0 Å². The van der Waals surface area contributed by atoms with Gasteiger partial charge in [-0.2, -0.15) is 9.97 Å². The number of nitrogen functional groups attached to an aromatic ring is 1. The largest absolute Gasteiger partial charge is 0.368 e. The lowest BCUT2D eigenvalue weighted by molar-refractivity contribution is 0.0251. The van der Waals surface area contributed by atoms with Crippen molar-refractivity contribution in [1.29, 1.82) is 0 Å². The van der Waals surface area contributed by atoms with E-state index in [4.69, 9.17) is 5.73 Å². The minimum Gasteiger partial charge on any atom is -0.368 e. The topological polar surface area (TPSA) is 99.0 Å². The molecular formula is C11H16N8. The Morgan fingerprint density at radius 2 is 2.11 bits per heavy atom. The van der Waals surface area contributed by atoms with Gasteiger partial charge in [0.2, 0.25) is 5.95 Å². The zero-order valence-corrected chi connectivity index (χ0v) is 10.5. The number of H-pyrrole nitrogens is 1. The molecule has 0 radical (unpaired) electrons. The Morgan fingerprint density at radius 1 is 1.26 bits per heavy atom. The van der Waals surface area contributed by atoms with Crippen LogP contribution >= 0.6 is 0 Å². The highest BCUT2D eigenvalue weighted by atomic mass is 15.4. The van der Waals surface area contributed by atoms with Crippen LogP contribution in [0.1, 0.15) is 0 Å². The number of aromatic nitrogens is 4. The molecule has 3 aliphatic rings. The summed E-state index contributed by atoms with van der Waals surface area (Å²) in [7, 11) is 0. The zero-order valence-electron chi connectivity index (χ0n) is 10.5. The first-order valence-corrected chi connectivity index (χ1v) is 6.49. The van der Waals surface area contributed by atoms with E-state index >= 15 is 0 Å². The number of nitrogens with zero attached hydrogens (tertiary/aromatic N) is 5. The lowest BCUT2D eigenvalue weighted by Crippen LogP contribution is -2.63. The van der Waals surface area contributed by atoms with Crippen molar-refractivity contribution in [1.82, 2.24) is 29.7 Å². The summed E-state index contributed by atoms with van der Waals surface area (Å²) in [5.41, 5.74) is 7.14. The Labute approximate surface area is 110 Å². The van der Waals surface area contributed by atoms with E-state index in [0.29, 0.717) is 5.65 Å². The molecule has 2 aromatic heterocycles. The average Bonchev–Trinajstić information content (AvgIpc) is 2.88. The molecule has 1 atom stereocenters. The first kappa shape index (κ1) is 10.9. The van der Waals surface area contributed by atoms with E-state index < -0.39 is 0 Å².